The number of hydrogen-bond acceptors (Lipinski definition) is 7. The Balaban J connectivity index is 2.06. The van der Waals surface area contributed by atoms with Crippen LogP contribution in [0.2, 0.25) is 0 Å². The predicted octanol–water partition coefficient (Wildman–Crippen LogP) is 3.10. The molecule has 7 heteroatoms. The van der Waals surface area contributed by atoms with Gasteiger partial charge in [-0.1, -0.05) is 18.2 Å². The zero-order valence-corrected chi connectivity index (χ0v) is 14.7. The van der Waals surface area contributed by atoms with E-state index in [1.54, 1.807) is 25.1 Å². The number of methoxy groups -OCH3 is 1. The molecule has 0 saturated carbocycles. The Morgan fingerprint density at radius 1 is 1.15 bits per heavy atom. The number of nitrogens with one attached hydrogen (secondary N) is 1. The standard InChI is InChI=1S/C20H17NO6/c1-3-26-19(23)12-9-7-11(8-10-12)16(21)15-17(22)13-5-4-6-14(25-2)18(13)27-20(15)24/h4-10,21-22H,3H2,1-2H3. The van der Waals surface area contributed by atoms with Gasteiger partial charge in [-0.25, -0.2) is 9.59 Å². The van der Waals surface area contributed by atoms with E-state index < -0.39 is 11.6 Å². The topological polar surface area (TPSA) is 110 Å². The number of hydrogen-bond donors (Lipinski definition) is 2. The maximum absolute atomic E-state index is 12.4. The first-order valence-corrected chi connectivity index (χ1v) is 8.17. The lowest BCUT2D eigenvalue weighted by Crippen LogP contribution is -2.16. The number of rotatable bonds is 5. The van der Waals surface area contributed by atoms with E-state index in [4.69, 9.17) is 19.3 Å². The summed E-state index contributed by atoms with van der Waals surface area (Å²) in [6.07, 6.45) is 0. The van der Waals surface area contributed by atoms with Crippen molar-refractivity contribution < 1.29 is 23.8 Å². The third kappa shape index (κ3) is 3.27. The highest BCUT2D eigenvalue weighted by atomic mass is 16.5. The first-order chi connectivity index (χ1) is 13.0. The SMILES string of the molecule is CCOC(=O)c1ccc(C(=N)c2c(O)c3cccc(OC)c3oc2=O)cc1. The van der Waals surface area contributed by atoms with Crippen LogP contribution in [-0.2, 0) is 4.74 Å². The molecule has 2 N–H and O–H groups in total. The van der Waals surface area contributed by atoms with Gasteiger partial charge in [0.05, 0.1) is 30.4 Å². The molecule has 0 aliphatic heterocycles. The molecule has 138 valence electrons. The normalized spacial score (nSPS) is 10.6. The van der Waals surface area contributed by atoms with E-state index in [-0.39, 0.29) is 34.6 Å². The van der Waals surface area contributed by atoms with Gasteiger partial charge in [-0.2, -0.15) is 0 Å². The minimum Gasteiger partial charge on any atom is -0.506 e. The quantitative estimate of drug-likeness (QED) is 0.407. The fourth-order valence-corrected chi connectivity index (χ4v) is 2.70. The van der Waals surface area contributed by atoms with Crippen molar-refractivity contribution in [1.29, 1.82) is 5.41 Å². The molecule has 0 unspecified atom stereocenters. The molecule has 0 bridgehead atoms. The molecule has 1 aromatic heterocycles. The first-order valence-electron chi connectivity index (χ1n) is 8.17. The Morgan fingerprint density at radius 2 is 1.81 bits per heavy atom. The van der Waals surface area contributed by atoms with Crippen LogP contribution in [0.1, 0.15) is 28.4 Å². The molecular formula is C20H17NO6. The van der Waals surface area contributed by atoms with Crippen LogP contribution in [0.4, 0.5) is 0 Å². The van der Waals surface area contributed by atoms with E-state index in [9.17, 15) is 14.7 Å². The van der Waals surface area contributed by atoms with Crippen molar-refractivity contribution >= 4 is 22.7 Å². The van der Waals surface area contributed by atoms with Gasteiger partial charge in [0.1, 0.15) is 11.3 Å². The summed E-state index contributed by atoms with van der Waals surface area (Å²) in [4.78, 5) is 24.1. The summed E-state index contributed by atoms with van der Waals surface area (Å²) < 4.78 is 15.3. The van der Waals surface area contributed by atoms with Crippen molar-refractivity contribution in [3.63, 3.8) is 0 Å². The number of ether oxygens (including phenoxy) is 2. The summed E-state index contributed by atoms with van der Waals surface area (Å²) >= 11 is 0. The van der Waals surface area contributed by atoms with Gasteiger partial charge in [0.2, 0.25) is 0 Å². The fourth-order valence-electron chi connectivity index (χ4n) is 2.70. The van der Waals surface area contributed by atoms with Gasteiger partial charge in [0.15, 0.2) is 11.3 Å². The summed E-state index contributed by atoms with van der Waals surface area (Å²) in [5, 5.41) is 19.1. The van der Waals surface area contributed by atoms with Crippen LogP contribution in [0.15, 0.2) is 51.7 Å². The average molecular weight is 367 g/mol. The first kappa shape index (κ1) is 18.2. The average Bonchev–Trinajstić information content (AvgIpc) is 2.67. The summed E-state index contributed by atoms with van der Waals surface area (Å²) in [5.41, 5.74) is -0.567. The van der Waals surface area contributed by atoms with Gasteiger partial charge in [-0.15, -0.1) is 0 Å². The molecule has 2 aromatic carbocycles. The van der Waals surface area contributed by atoms with Gasteiger partial charge in [-0.05, 0) is 31.2 Å². The number of fused-ring (bicyclic) bond motifs is 1. The van der Waals surface area contributed by atoms with Crippen molar-refractivity contribution in [3.05, 3.63) is 69.6 Å². The second-order valence-electron chi connectivity index (χ2n) is 5.62. The highest BCUT2D eigenvalue weighted by Gasteiger charge is 2.21. The summed E-state index contributed by atoms with van der Waals surface area (Å²) in [7, 11) is 1.42. The predicted molar refractivity (Wildman–Crippen MR) is 99.0 cm³/mol. The van der Waals surface area contributed by atoms with Crippen LogP contribution in [0.5, 0.6) is 11.5 Å². The Kier molecular flexibility index (Phi) is 4.94. The molecule has 0 spiro atoms. The smallest absolute Gasteiger partial charge is 0.349 e. The monoisotopic (exact) mass is 367 g/mol. The van der Waals surface area contributed by atoms with E-state index >= 15 is 0 Å². The Labute approximate surface area is 154 Å². The maximum atomic E-state index is 12.4. The van der Waals surface area contributed by atoms with Crippen LogP contribution in [0.3, 0.4) is 0 Å². The Morgan fingerprint density at radius 3 is 2.44 bits per heavy atom. The molecule has 1 heterocycles. The summed E-state index contributed by atoms with van der Waals surface area (Å²) in [6.45, 7) is 1.96. The number of benzene rings is 2. The van der Waals surface area contributed by atoms with E-state index in [1.807, 2.05) is 0 Å². The molecule has 0 atom stereocenters. The van der Waals surface area contributed by atoms with Crippen LogP contribution in [-0.4, -0.2) is 30.5 Å². The van der Waals surface area contributed by atoms with E-state index in [1.165, 1.54) is 31.4 Å². The zero-order chi connectivity index (χ0) is 19.6. The number of carbonyl (C=O) groups is 1. The van der Waals surface area contributed by atoms with Crippen LogP contribution < -0.4 is 10.4 Å². The largest absolute Gasteiger partial charge is 0.506 e. The summed E-state index contributed by atoms with van der Waals surface area (Å²) in [5.74, 6) is -0.535. The highest BCUT2D eigenvalue weighted by molar-refractivity contribution is 6.14. The van der Waals surface area contributed by atoms with E-state index in [0.29, 0.717) is 16.9 Å². The number of aromatic hydroxyl groups is 1. The molecule has 0 amide bonds. The summed E-state index contributed by atoms with van der Waals surface area (Å²) in [6, 6.07) is 10.8. The van der Waals surface area contributed by atoms with E-state index in [2.05, 4.69) is 0 Å². The van der Waals surface area contributed by atoms with Crippen LogP contribution in [0.25, 0.3) is 11.0 Å². The minimum absolute atomic E-state index is 0.108. The van der Waals surface area contributed by atoms with Gasteiger partial charge >= 0.3 is 11.6 Å². The second kappa shape index (κ2) is 7.33. The maximum Gasteiger partial charge on any atom is 0.349 e. The van der Waals surface area contributed by atoms with Crippen LogP contribution in [0, 0.1) is 5.41 Å². The molecule has 27 heavy (non-hydrogen) atoms. The second-order valence-corrected chi connectivity index (χ2v) is 5.62. The highest BCUT2D eigenvalue weighted by Crippen LogP contribution is 2.32. The van der Waals surface area contributed by atoms with Gasteiger partial charge < -0.3 is 19.0 Å². The van der Waals surface area contributed by atoms with Crippen molar-refractivity contribution in [3.8, 4) is 11.5 Å². The van der Waals surface area contributed by atoms with Crippen molar-refractivity contribution in [2.75, 3.05) is 13.7 Å². The molecule has 3 rings (SSSR count). The number of para-hydroxylation sites is 1. The van der Waals surface area contributed by atoms with E-state index in [0.717, 1.165) is 0 Å². The Hall–Kier alpha value is -3.61. The molecular weight excluding hydrogens is 350 g/mol. The number of carbonyl (C=O) groups excluding carboxylic acids is 1. The third-order valence-electron chi connectivity index (χ3n) is 4.02. The van der Waals surface area contributed by atoms with Gasteiger partial charge in [0.25, 0.3) is 0 Å². The lowest BCUT2D eigenvalue weighted by Gasteiger charge is -2.10. The molecule has 0 radical (unpaired) electrons. The zero-order valence-electron chi connectivity index (χ0n) is 14.7. The molecule has 7 nitrogen and oxygen atoms in total. The number of esters is 1. The van der Waals surface area contributed by atoms with Gasteiger partial charge in [-0.3, -0.25) is 5.41 Å². The van der Waals surface area contributed by atoms with Crippen molar-refractivity contribution in [2.24, 2.45) is 0 Å². The molecule has 0 aliphatic carbocycles. The minimum atomic E-state index is -0.857. The Bertz CT molecular complexity index is 1080. The molecule has 0 aliphatic rings. The molecule has 0 fully saturated rings. The lowest BCUT2D eigenvalue weighted by molar-refractivity contribution is 0.0526. The van der Waals surface area contributed by atoms with Crippen LogP contribution >= 0.6 is 0 Å². The van der Waals surface area contributed by atoms with Crippen molar-refractivity contribution in [1.82, 2.24) is 0 Å². The lowest BCUT2D eigenvalue weighted by atomic mass is 10.0. The molecule has 3 aromatic rings. The third-order valence-corrected chi connectivity index (χ3v) is 4.02. The molecule has 0 saturated heterocycles. The van der Waals surface area contributed by atoms with Gasteiger partial charge in [0, 0.05) is 5.56 Å². The van der Waals surface area contributed by atoms with Crippen molar-refractivity contribution in [2.45, 2.75) is 6.92 Å². The fraction of sp³-hybridized carbons (Fsp3) is 0.150.